The number of carbonyl (C=O) groups is 8. The molecule has 2 amide bonds. The van der Waals surface area contributed by atoms with Crippen molar-refractivity contribution in [1.29, 1.82) is 0 Å². The zero-order valence-electron chi connectivity index (χ0n) is 41.5. The fourth-order valence-electron chi connectivity index (χ4n) is 6.44. The van der Waals surface area contributed by atoms with Crippen LogP contribution in [-0.4, -0.2) is 145 Å². The number of thioether (sulfide) groups is 2. The van der Waals surface area contributed by atoms with Gasteiger partial charge in [-0.3, -0.25) is 38.4 Å². The van der Waals surface area contributed by atoms with Gasteiger partial charge in [-0.05, 0) is 42.9 Å². The summed E-state index contributed by atoms with van der Waals surface area (Å²) in [5.74, 6) is 0.0391. The maximum Gasteiger partial charge on any atom is 0.307 e. The first-order chi connectivity index (χ1) is 31.3. The molecule has 2 unspecified atom stereocenters. The third-order valence-corrected chi connectivity index (χ3v) is 12.2. The fourth-order valence-corrected chi connectivity index (χ4v) is 8.11. The van der Waals surface area contributed by atoms with Gasteiger partial charge in [0.15, 0.2) is 10.2 Å². The molecule has 0 aliphatic carbocycles. The highest BCUT2D eigenvalue weighted by molar-refractivity contribution is 8.13. The summed E-state index contributed by atoms with van der Waals surface area (Å²) in [5, 5.41) is 5.08. The largest absolute Gasteiger partial charge is 0.466 e. The van der Waals surface area contributed by atoms with E-state index in [1.807, 2.05) is 51.3 Å². The molecule has 2 N–H and O–H groups in total. The maximum absolute atomic E-state index is 12.9. The van der Waals surface area contributed by atoms with E-state index in [1.165, 1.54) is 19.3 Å². The predicted molar refractivity (Wildman–Crippen MR) is 259 cm³/mol. The van der Waals surface area contributed by atoms with Gasteiger partial charge in [0.1, 0.15) is 12.1 Å². The molecule has 0 aromatic rings. The van der Waals surface area contributed by atoms with Crippen LogP contribution in [0.3, 0.4) is 0 Å². The van der Waals surface area contributed by atoms with E-state index in [1.54, 1.807) is 0 Å². The number of ether oxygens (including phenoxy) is 4. The number of esters is 4. The molecule has 2 atom stereocenters. The Bertz CT molecular complexity index is 1440. The molecule has 0 bridgehead atoms. The average molecular weight is 973 g/mol. The van der Waals surface area contributed by atoms with Crippen LogP contribution in [0.15, 0.2) is 0 Å². The van der Waals surface area contributed by atoms with Gasteiger partial charge in [-0.15, -0.1) is 0 Å². The predicted octanol–water partition coefficient (Wildman–Crippen LogP) is 6.35. The van der Waals surface area contributed by atoms with Crippen molar-refractivity contribution in [2.24, 2.45) is 23.7 Å². The number of unbranched alkanes of at least 4 members (excludes halogenated alkanes) is 4. The number of rotatable bonds is 38. The number of piperazine rings is 1. The summed E-state index contributed by atoms with van der Waals surface area (Å²) in [4.78, 5) is 105. The third kappa shape index (κ3) is 33.3. The van der Waals surface area contributed by atoms with Crippen LogP contribution in [0.25, 0.3) is 0 Å². The lowest BCUT2D eigenvalue weighted by molar-refractivity contribution is -0.146. The Morgan fingerprint density at radius 3 is 1.18 bits per heavy atom. The molecule has 1 saturated heterocycles. The molecule has 1 fully saturated rings. The third-order valence-electron chi connectivity index (χ3n) is 10.3. The number of nitrogens with zero attached hydrogens (tertiary/aromatic N) is 2. The van der Waals surface area contributed by atoms with E-state index in [0.717, 1.165) is 42.8 Å². The molecule has 0 radical (unpaired) electrons. The van der Waals surface area contributed by atoms with Gasteiger partial charge in [-0.1, -0.05) is 111 Å². The molecular formula is C48H84N4O12S2. The SMILES string of the molecule is CC(C)CCCCCCCOC(=O)CCN(CCSC(=O)CCC1NC(=O)C(CCC(=O)SCCN(CCC(=O)OCC(C)C)CCC(=O)OCC(C)C)NC1=O)CCC(=O)OCC(C)C. The van der Waals surface area contributed by atoms with Crippen molar-refractivity contribution in [3.63, 3.8) is 0 Å². The summed E-state index contributed by atoms with van der Waals surface area (Å²) in [5.41, 5.74) is 0. The molecule has 1 aliphatic heterocycles. The lowest BCUT2D eigenvalue weighted by atomic mass is 10.0. The molecule has 0 spiro atoms. The minimum Gasteiger partial charge on any atom is -0.466 e. The van der Waals surface area contributed by atoms with Gasteiger partial charge in [0.2, 0.25) is 11.8 Å². The van der Waals surface area contributed by atoms with E-state index >= 15 is 0 Å². The maximum atomic E-state index is 12.9. The summed E-state index contributed by atoms with van der Waals surface area (Å²) >= 11 is 2.18. The highest BCUT2D eigenvalue weighted by atomic mass is 32.2. The second-order valence-electron chi connectivity index (χ2n) is 18.7. The molecule has 0 aromatic heterocycles. The topological polar surface area (TPSA) is 204 Å². The number of hydrogen-bond acceptors (Lipinski definition) is 16. The first-order valence-corrected chi connectivity index (χ1v) is 26.3. The van der Waals surface area contributed by atoms with Crippen LogP contribution in [0.4, 0.5) is 0 Å². The molecule has 1 heterocycles. The van der Waals surface area contributed by atoms with Crippen LogP contribution in [-0.2, 0) is 57.3 Å². The quantitative estimate of drug-likeness (QED) is 0.0393. The van der Waals surface area contributed by atoms with Crippen LogP contribution in [0, 0.1) is 23.7 Å². The Hall–Kier alpha value is -3.22. The van der Waals surface area contributed by atoms with E-state index in [-0.39, 0.29) is 103 Å². The Morgan fingerprint density at radius 1 is 0.470 bits per heavy atom. The second-order valence-corrected chi connectivity index (χ2v) is 21.0. The fraction of sp³-hybridized carbons (Fsp3) is 0.833. The van der Waals surface area contributed by atoms with Gasteiger partial charge in [0, 0.05) is 63.6 Å². The number of amides is 2. The summed E-state index contributed by atoms with van der Waals surface area (Å²) in [6.07, 6.45) is 7.54. The average Bonchev–Trinajstić information content (AvgIpc) is 3.25. The minimum atomic E-state index is -0.885. The van der Waals surface area contributed by atoms with Gasteiger partial charge in [-0.25, -0.2) is 0 Å². The van der Waals surface area contributed by atoms with Crippen molar-refractivity contribution in [1.82, 2.24) is 20.4 Å². The van der Waals surface area contributed by atoms with Crippen LogP contribution >= 0.6 is 23.5 Å². The molecule has 16 nitrogen and oxygen atoms in total. The van der Waals surface area contributed by atoms with E-state index in [4.69, 9.17) is 18.9 Å². The van der Waals surface area contributed by atoms with Gasteiger partial charge >= 0.3 is 23.9 Å². The number of hydrogen-bond donors (Lipinski definition) is 2. The smallest absolute Gasteiger partial charge is 0.307 e. The normalized spacial score (nSPS) is 15.1. The molecule has 380 valence electrons. The Balaban J connectivity index is 2.51. The minimum absolute atomic E-state index is 0.0436. The van der Waals surface area contributed by atoms with Crippen LogP contribution < -0.4 is 10.6 Å². The van der Waals surface area contributed by atoms with Crippen molar-refractivity contribution in [2.45, 2.75) is 157 Å². The summed E-state index contributed by atoms with van der Waals surface area (Å²) in [6, 6.07) is -1.77. The Kier molecular flexibility index (Phi) is 33.9. The van der Waals surface area contributed by atoms with Gasteiger partial charge in [-0.2, -0.15) is 0 Å². The number of nitrogens with one attached hydrogen (secondary N) is 2. The highest BCUT2D eigenvalue weighted by Crippen LogP contribution is 2.16. The Morgan fingerprint density at radius 2 is 0.818 bits per heavy atom. The molecule has 0 saturated carbocycles. The Labute approximate surface area is 403 Å². The number of carbonyl (C=O) groups excluding carboxylic acids is 8. The molecule has 0 aromatic carbocycles. The van der Waals surface area contributed by atoms with Crippen LogP contribution in [0.5, 0.6) is 0 Å². The van der Waals surface area contributed by atoms with Gasteiger partial charge in [0.25, 0.3) is 0 Å². The lowest BCUT2D eigenvalue weighted by Gasteiger charge is -2.29. The van der Waals surface area contributed by atoms with Crippen molar-refractivity contribution < 1.29 is 57.3 Å². The van der Waals surface area contributed by atoms with Crippen molar-refractivity contribution >= 4 is 69.4 Å². The highest BCUT2D eigenvalue weighted by Gasteiger charge is 2.34. The van der Waals surface area contributed by atoms with Crippen molar-refractivity contribution in [3.05, 3.63) is 0 Å². The van der Waals surface area contributed by atoms with E-state index in [2.05, 4.69) is 24.5 Å². The zero-order valence-corrected chi connectivity index (χ0v) is 43.1. The lowest BCUT2D eigenvalue weighted by Crippen LogP contribution is -2.61. The first kappa shape index (κ1) is 60.8. The zero-order chi connectivity index (χ0) is 49.3. The standard InChI is InChI=1S/C48H84N4O12S2/c1-35(2)14-12-10-9-11-13-29-61-41(53)19-23-51(24-20-42(54)62-32-36(3)4)27-30-65-45(57)17-15-39-47(59)50-40(48(60)49-39)16-18-46(58)66-31-28-52(25-21-43(55)63-33-37(5)6)26-22-44(56)64-34-38(7)8/h35-40H,9-34H2,1-8H3,(H,49,60)(H,50,59). The van der Waals surface area contributed by atoms with Gasteiger partial charge in [0.05, 0.1) is 52.1 Å². The van der Waals surface area contributed by atoms with Crippen molar-refractivity contribution in [3.8, 4) is 0 Å². The molecule has 18 heteroatoms. The molecule has 1 rings (SSSR count). The van der Waals surface area contributed by atoms with Crippen LogP contribution in [0.1, 0.15) is 145 Å². The monoisotopic (exact) mass is 973 g/mol. The van der Waals surface area contributed by atoms with E-state index < -0.39 is 23.9 Å². The summed E-state index contributed by atoms with van der Waals surface area (Å²) in [6.45, 7) is 19.9. The molecular weight excluding hydrogens is 889 g/mol. The van der Waals surface area contributed by atoms with Crippen molar-refractivity contribution in [2.75, 3.05) is 77.2 Å². The second kappa shape index (κ2) is 36.8. The summed E-state index contributed by atoms with van der Waals surface area (Å²) in [7, 11) is 0. The molecule has 66 heavy (non-hydrogen) atoms. The van der Waals surface area contributed by atoms with E-state index in [9.17, 15) is 38.4 Å². The summed E-state index contributed by atoms with van der Waals surface area (Å²) < 4.78 is 21.3. The van der Waals surface area contributed by atoms with Crippen LogP contribution in [0.2, 0.25) is 0 Å². The first-order valence-electron chi connectivity index (χ1n) is 24.3. The van der Waals surface area contributed by atoms with E-state index in [0.29, 0.717) is 83.1 Å². The molecule has 1 aliphatic rings. The van der Waals surface area contributed by atoms with Gasteiger partial charge < -0.3 is 39.4 Å².